The summed E-state index contributed by atoms with van der Waals surface area (Å²) >= 11 is 4.40. The van der Waals surface area contributed by atoms with Crippen LogP contribution in [0.15, 0.2) is 20.7 Å². The summed E-state index contributed by atoms with van der Waals surface area (Å²) in [4.78, 5) is 17.6. The van der Waals surface area contributed by atoms with E-state index < -0.39 is 5.97 Å². The van der Waals surface area contributed by atoms with E-state index in [1.165, 1.54) is 28.0 Å². The van der Waals surface area contributed by atoms with Gasteiger partial charge in [0, 0.05) is 15.2 Å². The van der Waals surface area contributed by atoms with Crippen molar-refractivity contribution < 1.29 is 9.90 Å². The molecule has 0 spiro atoms. The summed E-state index contributed by atoms with van der Waals surface area (Å²) in [7, 11) is 0. The first-order valence-corrected chi connectivity index (χ1v) is 7.01. The van der Waals surface area contributed by atoms with Crippen molar-refractivity contribution in [3.8, 4) is 0 Å². The monoisotopic (exact) mass is 271 g/mol. The van der Waals surface area contributed by atoms with Crippen LogP contribution in [0.3, 0.4) is 0 Å². The highest BCUT2D eigenvalue weighted by atomic mass is 32.2. The van der Waals surface area contributed by atoms with Crippen molar-refractivity contribution in [3.05, 3.63) is 26.9 Å². The molecule has 0 aliphatic heterocycles. The Hall–Kier alpha value is -0.850. The standard InChI is InChI=1S/C10H9NO2S3/c1-5-6(2)15-10(11-5)16-7-3-8(9(12)13)14-4-7/h3-4H,1-2H3,(H,12,13). The van der Waals surface area contributed by atoms with Crippen LogP contribution in [0.4, 0.5) is 0 Å². The van der Waals surface area contributed by atoms with Crippen molar-refractivity contribution in [2.75, 3.05) is 0 Å². The number of nitrogens with zero attached hydrogens (tertiary/aromatic N) is 1. The van der Waals surface area contributed by atoms with Crippen molar-refractivity contribution in [2.24, 2.45) is 0 Å². The zero-order chi connectivity index (χ0) is 11.7. The highest BCUT2D eigenvalue weighted by Gasteiger charge is 2.10. The SMILES string of the molecule is Cc1nc(Sc2csc(C(=O)O)c2)sc1C. The number of aromatic carboxylic acids is 1. The molecule has 1 N–H and O–H groups in total. The average molecular weight is 271 g/mol. The Labute approximate surface area is 105 Å². The van der Waals surface area contributed by atoms with Gasteiger partial charge in [-0.1, -0.05) is 11.8 Å². The van der Waals surface area contributed by atoms with E-state index >= 15 is 0 Å². The van der Waals surface area contributed by atoms with Crippen LogP contribution in [0.2, 0.25) is 0 Å². The molecular weight excluding hydrogens is 262 g/mol. The second-order valence-corrected chi connectivity index (χ2v) is 6.61. The summed E-state index contributed by atoms with van der Waals surface area (Å²) in [6.07, 6.45) is 0. The smallest absolute Gasteiger partial charge is 0.345 e. The number of aromatic nitrogens is 1. The molecule has 0 radical (unpaired) electrons. The van der Waals surface area contributed by atoms with Crippen molar-refractivity contribution in [2.45, 2.75) is 23.1 Å². The fraction of sp³-hybridized carbons (Fsp3) is 0.200. The molecule has 16 heavy (non-hydrogen) atoms. The van der Waals surface area contributed by atoms with E-state index in [0.29, 0.717) is 4.88 Å². The molecule has 0 saturated carbocycles. The second kappa shape index (κ2) is 4.57. The fourth-order valence-corrected chi connectivity index (χ4v) is 4.12. The molecule has 0 amide bonds. The third-order valence-electron chi connectivity index (χ3n) is 2.00. The van der Waals surface area contributed by atoms with Crippen LogP contribution in [0.5, 0.6) is 0 Å². The molecule has 0 atom stereocenters. The molecule has 0 bridgehead atoms. The molecule has 0 unspecified atom stereocenters. The highest BCUT2D eigenvalue weighted by molar-refractivity contribution is 8.01. The number of carboxylic acid groups (broad SMARTS) is 1. The van der Waals surface area contributed by atoms with Gasteiger partial charge in [-0.05, 0) is 19.9 Å². The Balaban J connectivity index is 2.17. The van der Waals surface area contributed by atoms with Gasteiger partial charge in [-0.3, -0.25) is 0 Å². The number of carbonyl (C=O) groups is 1. The van der Waals surface area contributed by atoms with Crippen LogP contribution in [0, 0.1) is 13.8 Å². The molecule has 6 heteroatoms. The molecule has 2 heterocycles. The molecule has 0 aromatic carbocycles. The fourth-order valence-electron chi connectivity index (χ4n) is 1.07. The van der Waals surface area contributed by atoms with Crippen molar-refractivity contribution in [3.63, 3.8) is 0 Å². The maximum Gasteiger partial charge on any atom is 0.345 e. The number of carboxylic acids is 1. The minimum Gasteiger partial charge on any atom is -0.477 e. The first-order chi connectivity index (χ1) is 7.56. The van der Waals surface area contributed by atoms with Crippen LogP contribution in [0.1, 0.15) is 20.2 Å². The van der Waals surface area contributed by atoms with Crippen molar-refractivity contribution >= 4 is 40.4 Å². The van der Waals surface area contributed by atoms with Gasteiger partial charge in [-0.2, -0.15) is 0 Å². The van der Waals surface area contributed by atoms with Gasteiger partial charge in [0.05, 0.1) is 5.69 Å². The van der Waals surface area contributed by atoms with Gasteiger partial charge in [-0.15, -0.1) is 22.7 Å². The lowest BCUT2D eigenvalue weighted by Crippen LogP contribution is -1.89. The summed E-state index contributed by atoms with van der Waals surface area (Å²) in [6, 6.07) is 1.68. The Morgan fingerprint density at radius 2 is 2.25 bits per heavy atom. The van der Waals surface area contributed by atoms with Gasteiger partial charge in [0.2, 0.25) is 0 Å². The largest absolute Gasteiger partial charge is 0.477 e. The van der Waals surface area contributed by atoms with Gasteiger partial charge >= 0.3 is 5.97 Å². The third kappa shape index (κ3) is 2.45. The topological polar surface area (TPSA) is 50.2 Å². The molecule has 0 fully saturated rings. The van der Waals surface area contributed by atoms with Crippen LogP contribution in [-0.2, 0) is 0 Å². The third-order valence-corrected chi connectivity index (χ3v) is 5.17. The van der Waals surface area contributed by atoms with Crippen LogP contribution in [0.25, 0.3) is 0 Å². The molecule has 2 aromatic rings. The van der Waals surface area contributed by atoms with Crippen molar-refractivity contribution in [1.82, 2.24) is 4.98 Å². The lowest BCUT2D eigenvalue weighted by molar-refractivity contribution is 0.0702. The van der Waals surface area contributed by atoms with Gasteiger partial charge in [-0.25, -0.2) is 9.78 Å². The zero-order valence-corrected chi connectivity index (χ0v) is 11.1. The number of thiophene rings is 1. The second-order valence-electron chi connectivity index (χ2n) is 3.18. The Kier molecular flexibility index (Phi) is 3.32. The predicted molar refractivity (Wildman–Crippen MR) is 67.0 cm³/mol. The molecule has 0 aliphatic carbocycles. The van der Waals surface area contributed by atoms with Crippen LogP contribution >= 0.6 is 34.4 Å². The first kappa shape index (κ1) is 11.6. The van der Waals surface area contributed by atoms with Gasteiger partial charge in [0.25, 0.3) is 0 Å². The number of hydrogen-bond acceptors (Lipinski definition) is 5. The summed E-state index contributed by atoms with van der Waals surface area (Å²) < 4.78 is 0.963. The van der Waals surface area contributed by atoms with E-state index in [-0.39, 0.29) is 0 Å². The van der Waals surface area contributed by atoms with Crippen LogP contribution in [-0.4, -0.2) is 16.1 Å². The summed E-state index contributed by atoms with van der Waals surface area (Å²) in [5.74, 6) is -0.872. The molecule has 3 nitrogen and oxygen atoms in total. The normalized spacial score (nSPS) is 10.6. The molecular formula is C10H9NO2S3. The molecule has 84 valence electrons. The van der Waals surface area contributed by atoms with E-state index in [1.54, 1.807) is 17.4 Å². The van der Waals surface area contributed by atoms with E-state index in [0.717, 1.165) is 14.9 Å². The number of aryl methyl sites for hydroxylation is 2. The maximum atomic E-state index is 10.7. The minimum absolute atomic E-state index is 0.368. The molecule has 2 rings (SSSR count). The lowest BCUT2D eigenvalue weighted by atomic mass is 10.4. The molecule has 2 aromatic heterocycles. The van der Waals surface area contributed by atoms with E-state index in [2.05, 4.69) is 4.98 Å². The van der Waals surface area contributed by atoms with Gasteiger partial charge in [0.1, 0.15) is 4.88 Å². The van der Waals surface area contributed by atoms with Crippen LogP contribution < -0.4 is 0 Å². The van der Waals surface area contributed by atoms with Gasteiger partial charge in [0.15, 0.2) is 4.34 Å². The summed E-state index contributed by atoms with van der Waals surface area (Å²) in [5, 5.41) is 10.6. The Morgan fingerprint density at radius 3 is 2.75 bits per heavy atom. The highest BCUT2D eigenvalue weighted by Crippen LogP contribution is 2.34. The van der Waals surface area contributed by atoms with E-state index in [4.69, 9.17) is 5.11 Å². The summed E-state index contributed by atoms with van der Waals surface area (Å²) in [6.45, 7) is 4.01. The van der Waals surface area contributed by atoms with E-state index in [1.807, 2.05) is 19.2 Å². The number of thiazole rings is 1. The maximum absolute atomic E-state index is 10.7. The number of rotatable bonds is 3. The quantitative estimate of drug-likeness (QED) is 0.925. The van der Waals surface area contributed by atoms with E-state index in [9.17, 15) is 4.79 Å². The zero-order valence-electron chi connectivity index (χ0n) is 8.68. The predicted octanol–water partition coefficient (Wildman–Crippen LogP) is 3.67. The average Bonchev–Trinajstić information content (AvgIpc) is 2.76. The van der Waals surface area contributed by atoms with Crippen molar-refractivity contribution in [1.29, 1.82) is 0 Å². The first-order valence-electron chi connectivity index (χ1n) is 4.50. The molecule has 0 aliphatic rings. The summed E-state index contributed by atoms with van der Waals surface area (Å²) in [5.41, 5.74) is 1.04. The van der Waals surface area contributed by atoms with Gasteiger partial charge < -0.3 is 5.11 Å². The Morgan fingerprint density at radius 1 is 1.50 bits per heavy atom. The number of hydrogen-bond donors (Lipinski definition) is 1. The minimum atomic E-state index is -0.872. The molecule has 0 saturated heterocycles. The lowest BCUT2D eigenvalue weighted by Gasteiger charge is -1.90. The Bertz CT molecular complexity index is 510.